The molecule has 3 aromatic rings. The van der Waals surface area contributed by atoms with Crippen molar-refractivity contribution in [3.63, 3.8) is 0 Å². The molecule has 3 rings (SSSR count). The SMILES string of the molecule is CC(C)(F)c1nccc(NCc2cnc3[nH]c(C(F)(F)F)cc3c2)n1. The Morgan fingerprint density at radius 3 is 2.56 bits per heavy atom. The maximum atomic E-state index is 13.9. The van der Waals surface area contributed by atoms with Crippen LogP contribution in [0.2, 0.25) is 0 Å². The Hall–Kier alpha value is -2.71. The summed E-state index contributed by atoms with van der Waals surface area (Å²) in [7, 11) is 0. The van der Waals surface area contributed by atoms with Crippen molar-refractivity contribution in [3.8, 4) is 0 Å². The van der Waals surface area contributed by atoms with E-state index < -0.39 is 17.5 Å². The van der Waals surface area contributed by atoms with Gasteiger partial charge in [-0.25, -0.2) is 19.3 Å². The number of pyridine rings is 1. The Balaban J connectivity index is 1.77. The number of nitrogens with zero attached hydrogens (tertiary/aromatic N) is 3. The van der Waals surface area contributed by atoms with Gasteiger partial charge in [-0.15, -0.1) is 0 Å². The molecule has 25 heavy (non-hydrogen) atoms. The third kappa shape index (κ3) is 3.86. The van der Waals surface area contributed by atoms with E-state index in [-0.39, 0.29) is 18.0 Å². The number of fused-ring (bicyclic) bond motifs is 1. The molecule has 3 aromatic heterocycles. The molecule has 0 aliphatic carbocycles. The van der Waals surface area contributed by atoms with Crippen molar-refractivity contribution in [2.45, 2.75) is 32.2 Å². The molecule has 9 heteroatoms. The van der Waals surface area contributed by atoms with Gasteiger partial charge in [0.05, 0.1) is 0 Å². The van der Waals surface area contributed by atoms with E-state index in [1.165, 1.54) is 26.2 Å². The molecule has 0 fully saturated rings. The first-order valence-electron chi connectivity index (χ1n) is 7.44. The number of aromatic amines is 1. The van der Waals surface area contributed by atoms with Crippen LogP contribution in [-0.2, 0) is 18.4 Å². The van der Waals surface area contributed by atoms with Crippen LogP contribution in [0.4, 0.5) is 23.4 Å². The Morgan fingerprint density at radius 2 is 1.88 bits per heavy atom. The van der Waals surface area contributed by atoms with E-state index in [4.69, 9.17) is 0 Å². The standard InChI is InChI=1S/C16H15F4N5/c1-15(2,17)14-21-4-3-12(25-14)22-7-9-5-10-6-11(16(18,19)20)24-13(10)23-8-9/h3-6,8H,7H2,1-2H3,(H,23,24)(H,21,22,25). The first kappa shape index (κ1) is 17.1. The maximum Gasteiger partial charge on any atom is 0.431 e. The molecule has 0 aromatic carbocycles. The van der Waals surface area contributed by atoms with Crippen LogP contribution in [0.15, 0.2) is 30.6 Å². The second-order valence-electron chi connectivity index (χ2n) is 6.05. The number of anilines is 1. The molecule has 5 nitrogen and oxygen atoms in total. The maximum absolute atomic E-state index is 13.9. The van der Waals surface area contributed by atoms with Crippen LogP contribution in [-0.4, -0.2) is 19.9 Å². The number of alkyl halides is 4. The predicted molar refractivity (Wildman–Crippen MR) is 84.6 cm³/mol. The zero-order valence-corrected chi connectivity index (χ0v) is 13.4. The van der Waals surface area contributed by atoms with Crippen LogP contribution in [0.1, 0.15) is 30.9 Å². The van der Waals surface area contributed by atoms with E-state index in [0.29, 0.717) is 16.8 Å². The van der Waals surface area contributed by atoms with Crippen molar-refractivity contribution in [1.29, 1.82) is 0 Å². The number of H-pyrrole nitrogens is 1. The van der Waals surface area contributed by atoms with Crippen molar-refractivity contribution >= 4 is 16.9 Å². The number of rotatable bonds is 4. The molecule has 0 aliphatic heterocycles. The first-order chi connectivity index (χ1) is 11.6. The Bertz CT molecular complexity index is 895. The van der Waals surface area contributed by atoms with Crippen molar-refractivity contribution in [3.05, 3.63) is 47.7 Å². The monoisotopic (exact) mass is 353 g/mol. The van der Waals surface area contributed by atoms with E-state index in [0.717, 1.165) is 6.07 Å². The summed E-state index contributed by atoms with van der Waals surface area (Å²) in [5.41, 5.74) is -1.68. The molecule has 2 N–H and O–H groups in total. The van der Waals surface area contributed by atoms with Gasteiger partial charge in [0.1, 0.15) is 17.2 Å². The largest absolute Gasteiger partial charge is 0.431 e. The highest BCUT2D eigenvalue weighted by Crippen LogP contribution is 2.30. The van der Waals surface area contributed by atoms with Gasteiger partial charge in [0, 0.05) is 24.3 Å². The lowest BCUT2D eigenvalue weighted by Gasteiger charge is -2.13. The lowest BCUT2D eigenvalue weighted by molar-refractivity contribution is -0.140. The summed E-state index contributed by atoms with van der Waals surface area (Å²) in [5.74, 6) is 0.465. The summed E-state index contributed by atoms with van der Waals surface area (Å²) >= 11 is 0. The van der Waals surface area contributed by atoms with E-state index >= 15 is 0 Å². The van der Waals surface area contributed by atoms with Gasteiger partial charge in [0.25, 0.3) is 0 Å². The summed E-state index contributed by atoms with van der Waals surface area (Å²) in [6.07, 6.45) is -1.54. The second kappa shape index (κ2) is 5.98. The van der Waals surface area contributed by atoms with Gasteiger partial charge in [-0.05, 0) is 37.6 Å². The molecular formula is C16H15F4N5. The van der Waals surface area contributed by atoms with Crippen LogP contribution in [0.25, 0.3) is 11.0 Å². The molecule has 0 amide bonds. The van der Waals surface area contributed by atoms with Gasteiger partial charge in [-0.2, -0.15) is 13.2 Å². The number of nitrogens with one attached hydrogen (secondary N) is 2. The van der Waals surface area contributed by atoms with Gasteiger partial charge < -0.3 is 10.3 Å². The molecule has 3 heterocycles. The van der Waals surface area contributed by atoms with Crippen molar-refractivity contribution < 1.29 is 17.6 Å². The van der Waals surface area contributed by atoms with Crippen LogP contribution in [0.5, 0.6) is 0 Å². The van der Waals surface area contributed by atoms with Crippen LogP contribution < -0.4 is 5.32 Å². The predicted octanol–water partition coefficient (Wildman–Crippen LogP) is 4.19. The molecule has 0 aliphatic rings. The molecule has 0 atom stereocenters. The molecule has 0 unspecified atom stereocenters. The minimum absolute atomic E-state index is 0.0477. The van der Waals surface area contributed by atoms with E-state index in [1.807, 2.05) is 0 Å². The molecule has 0 radical (unpaired) electrons. The van der Waals surface area contributed by atoms with Gasteiger partial charge >= 0.3 is 6.18 Å². The number of hydrogen-bond donors (Lipinski definition) is 2. The number of aromatic nitrogens is 4. The Kier molecular flexibility index (Phi) is 4.09. The molecular weight excluding hydrogens is 338 g/mol. The third-order valence-electron chi connectivity index (χ3n) is 3.49. The zero-order chi connectivity index (χ0) is 18.2. The van der Waals surface area contributed by atoms with E-state index in [1.54, 1.807) is 12.1 Å². The van der Waals surface area contributed by atoms with Crippen LogP contribution in [0.3, 0.4) is 0 Å². The molecule has 0 spiro atoms. The topological polar surface area (TPSA) is 66.5 Å². The van der Waals surface area contributed by atoms with Gasteiger partial charge in [0.2, 0.25) is 0 Å². The Morgan fingerprint density at radius 1 is 1.12 bits per heavy atom. The van der Waals surface area contributed by atoms with Crippen LogP contribution in [0, 0.1) is 0 Å². The third-order valence-corrected chi connectivity index (χ3v) is 3.49. The summed E-state index contributed by atoms with van der Waals surface area (Å²) in [4.78, 5) is 14.2. The fourth-order valence-electron chi connectivity index (χ4n) is 2.25. The molecule has 0 saturated carbocycles. The smallest absolute Gasteiger partial charge is 0.366 e. The highest BCUT2D eigenvalue weighted by atomic mass is 19.4. The summed E-state index contributed by atoms with van der Waals surface area (Å²) in [6.45, 7) is 2.99. The minimum Gasteiger partial charge on any atom is -0.366 e. The normalized spacial score (nSPS) is 12.6. The fourth-order valence-corrected chi connectivity index (χ4v) is 2.25. The zero-order valence-electron chi connectivity index (χ0n) is 13.4. The van der Waals surface area contributed by atoms with Gasteiger partial charge in [-0.1, -0.05) is 0 Å². The Labute approximate surface area is 140 Å². The average molecular weight is 353 g/mol. The van der Waals surface area contributed by atoms with Crippen molar-refractivity contribution in [2.75, 3.05) is 5.32 Å². The van der Waals surface area contributed by atoms with Gasteiger partial charge in [0.15, 0.2) is 11.5 Å². The van der Waals surface area contributed by atoms with E-state index in [2.05, 4.69) is 25.3 Å². The quantitative estimate of drug-likeness (QED) is 0.690. The summed E-state index contributed by atoms with van der Waals surface area (Å²) in [6, 6.07) is 4.20. The fraction of sp³-hybridized carbons (Fsp3) is 0.312. The lowest BCUT2D eigenvalue weighted by Crippen LogP contribution is -2.15. The number of hydrogen-bond acceptors (Lipinski definition) is 4. The average Bonchev–Trinajstić information content (AvgIpc) is 2.96. The van der Waals surface area contributed by atoms with E-state index in [9.17, 15) is 17.6 Å². The molecule has 0 bridgehead atoms. The number of halogens is 4. The lowest BCUT2D eigenvalue weighted by atomic mass is 10.1. The van der Waals surface area contributed by atoms with Crippen molar-refractivity contribution in [2.24, 2.45) is 0 Å². The van der Waals surface area contributed by atoms with Crippen LogP contribution >= 0.6 is 0 Å². The van der Waals surface area contributed by atoms with Crippen molar-refractivity contribution in [1.82, 2.24) is 19.9 Å². The highest BCUT2D eigenvalue weighted by molar-refractivity contribution is 5.77. The molecule has 0 saturated heterocycles. The second-order valence-corrected chi connectivity index (χ2v) is 6.05. The highest BCUT2D eigenvalue weighted by Gasteiger charge is 2.32. The molecule has 132 valence electrons. The van der Waals surface area contributed by atoms with Gasteiger partial charge in [-0.3, -0.25) is 0 Å². The first-order valence-corrected chi connectivity index (χ1v) is 7.44. The minimum atomic E-state index is -4.45. The summed E-state index contributed by atoms with van der Waals surface area (Å²) in [5, 5.41) is 3.35. The summed E-state index contributed by atoms with van der Waals surface area (Å²) < 4.78 is 52.0.